The zero-order chi connectivity index (χ0) is 11.3. The minimum atomic E-state index is -0.0111. The molecule has 1 rings (SSSR count). The van der Waals surface area contributed by atoms with Gasteiger partial charge in [0.25, 0.3) is 0 Å². The Labute approximate surface area is 89.8 Å². The van der Waals surface area contributed by atoms with Crippen LogP contribution in [0.2, 0.25) is 0 Å². The Bertz CT molecular complexity index is 357. The van der Waals surface area contributed by atoms with Gasteiger partial charge in [-0.25, -0.2) is 4.98 Å². The van der Waals surface area contributed by atoms with Crippen LogP contribution in [0.5, 0.6) is 0 Å². The maximum Gasteiger partial charge on any atom is 0.224 e. The summed E-state index contributed by atoms with van der Waals surface area (Å²) in [5.41, 5.74) is 0. The van der Waals surface area contributed by atoms with Crippen LogP contribution in [-0.2, 0) is 0 Å². The second-order valence-electron chi connectivity index (χ2n) is 3.40. The number of nitriles is 1. The highest BCUT2D eigenvalue weighted by Gasteiger charge is 2.07. The first-order valence-electron chi connectivity index (χ1n) is 4.79. The van der Waals surface area contributed by atoms with Crippen molar-refractivity contribution >= 4 is 11.8 Å². The number of rotatable bonds is 4. The van der Waals surface area contributed by atoms with Gasteiger partial charge in [-0.05, 0) is 13.0 Å². The molecule has 0 fully saturated rings. The van der Waals surface area contributed by atoms with Crippen molar-refractivity contribution in [1.29, 1.82) is 5.26 Å². The summed E-state index contributed by atoms with van der Waals surface area (Å²) in [6.07, 6.45) is 1.70. The molecule has 1 atom stereocenters. The molecular weight excluding hydrogens is 190 g/mol. The third-order valence-corrected chi connectivity index (χ3v) is 2.02. The molecule has 15 heavy (non-hydrogen) atoms. The van der Waals surface area contributed by atoms with E-state index in [1.54, 1.807) is 13.2 Å². The predicted molar refractivity (Wildman–Crippen MR) is 59.6 cm³/mol. The molecule has 0 aliphatic heterocycles. The molecule has 1 unspecified atom stereocenters. The van der Waals surface area contributed by atoms with Gasteiger partial charge in [-0.1, -0.05) is 0 Å². The molecular formula is C10H15N5. The molecule has 0 aromatic carbocycles. The Kier molecular flexibility index (Phi) is 3.86. The van der Waals surface area contributed by atoms with Crippen molar-refractivity contribution in [2.75, 3.05) is 30.9 Å². The van der Waals surface area contributed by atoms with Crippen molar-refractivity contribution in [1.82, 2.24) is 9.97 Å². The van der Waals surface area contributed by atoms with E-state index in [0.29, 0.717) is 12.5 Å². The van der Waals surface area contributed by atoms with E-state index in [2.05, 4.69) is 21.4 Å². The van der Waals surface area contributed by atoms with E-state index in [9.17, 15) is 0 Å². The maximum atomic E-state index is 8.71. The largest absolute Gasteiger partial charge is 0.358 e. The number of hydrogen-bond acceptors (Lipinski definition) is 5. The van der Waals surface area contributed by atoms with Crippen molar-refractivity contribution in [3.05, 3.63) is 12.3 Å². The molecule has 0 saturated carbocycles. The van der Waals surface area contributed by atoms with Crippen LogP contribution in [-0.4, -0.2) is 30.6 Å². The first-order chi connectivity index (χ1) is 7.17. The minimum Gasteiger partial charge on any atom is -0.358 e. The Morgan fingerprint density at radius 1 is 1.67 bits per heavy atom. The number of anilines is 2. The molecule has 0 spiro atoms. The molecule has 0 aliphatic rings. The summed E-state index contributed by atoms with van der Waals surface area (Å²) in [6.45, 7) is 2.55. The molecule has 1 aromatic rings. The van der Waals surface area contributed by atoms with Gasteiger partial charge in [0.15, 0.2) is 0 Å². The lowest BCUT2D eigenvalue weighted by Crippen LogP contribution is -2.24. The van der Waals surface area contributed by atoms with E-state index in [0.717, 1.165) is 5.82 Å². The van der Waals surface area contributed by atoms with Gasteiger partial charge in [-0.3, -0.25) is 0 Å². The summed E-state index contributed by atoms with van der Waals surface area (Å²) in [6, 6.07) is 4.02. The highest BCUT2D eigenvalue weighted by molar-refractivity contribution is 5.41. The van der Waals surface area contributed by atoms with Crippen molar-refractivity contribution in [2.24, 2.45) is 5.92 Å². The van der Waals surface area contributed by atoms with E-state index < -0.39 is 0 Å². The summed E-state index contributed by atoms with van der Waals surface area (Å²) in [5.74, 6) is 1.39. The van der Waals surface area contributed by atoms with Gasteiger partial charge in [0, 0.05) is 26.8 Å². The van der Waals surface area contributed by atoms with Crippen LogP contribution in [0.3, 0.4) is 0 Å². The Hall–Kier alpha value is -1.83. The summed E-state index contributed by atoms with van der Waals surface area (Å²) >= 11 is 0. The molecule has 0 aliphatic carbocycles. The van der Waals surface area contributed by atoms with Crippen LogP contribution >= 0.6 is 0 Å². The summed E-state index contributed by atoms with van der Waals surface area (Å²) in [5, 5.41) is 11.6. The lowest BCUT2D eigenvalue weighted by Gasteiger charge is -2.19. The number of nitrogens with one attached hydrogen (secondary N) is 1. The van der Waals surface area contributed by atoms with Gasteiger partial charge >= 0.3 is 0 Å². The van der Waals surface area contributed by atoms with E-state index in [1.807, 2.05) is 24.9 Å². The van der Waals surface area contributed by atoms with Crippen molar-refractivity contribution in [3.63, 3.8) is 0 Å². The molecule has 1 heterocycles. The van der Waals surface area contributed by atoms with E-state index in [1.165, 1.54) is 0 Å². The standard InChI is InChI=1S/C10H15N5/c1-8(6-11)7-15(3)9-4-5-13-10(12-2)14-9/h4-5,8H,7H2,1-3H3,(H,12,13,14). The molecule has 0 bridgehead atoms. The lowest BCUT2D eigenvalue weighted by molar-refractivity contribution is 0.709. The zero-order valence-corrected chi connectivity index (χ0v) is 9.23. The van der Waals surface area contributed by atoms with Crippen molar-refractivity contribution < 1.29 is 0 Å². The quantitative estimate of drug-likeness (QED) is 0.797. The first kappa shape index (κ1) is 11.2. The van der Waals surface area contributed by atoms with Crippen LogP contribution in [0, 0.1) is 17.2 Å². The predicted octanol–water partition coefficient (Wildman–Crippen LogP) is 1.11. The topological polar surface area (TPSA) is 64.8 Å². The summed E-state index contributed by atoms with van der Waals surface area (Å²) in [7, 11) is 3.69. The second-order valence-corrected chi connectivity index (χ2v) is 3.40. The Balaban J connectivity index is 2.73. The summed E-state index contributed by atoms with van der Waals surface area (Å²) in [4.78, 5) is 10.2. The number of aromatic nitrogens is 2. The van der Waals surface area contributed by atoms with Gasteiger partial charge in [-0.2, -0.15) is 10.2 Å². The van der Waals surface area contributed by atoms with Gasteiger partial charge in [0.2, 0.25) is 5.95 Å². The number of hydrogen-bond donors (Lipinski definition) is 1. The van der Waals surface area contributed by atoms with E-state index in [-0.39, 0.29) is 5.92 Å². The van der Waals surface area contributed by atoms with Crippen LogP contribution in [0.1, 0.15) is 6.92 Å². The third kappa shape index (κ3) is 3.09. The first-order valence-corrected chi connectivity index (χ1v) is 4.79. The van der Waals surface area contributed by atoms with Crippen LogP contribution < -0.4 is 10.2 Å². The van der Waals surface area contributed by atoms with Gasteiger partial charge in [0.05, 0.1) is 12.0 Å². The highest BCUT2D eigenvalue weighted by Crippen LogP contribution is 2.11. The monoisotopic (exact) mass is 205 g/mol. The Morgan fingerprint density at radius 3 is 3.00 bits per heavy atom. The second kappa shape index (κ2) is 5.15. The smallest absolute Gasteiger partial charge is 0.224 e. The number of nitrogens with zero attached hydrogens (tertiary/aromatic N) is 4. The van der Waals surface area contributed by atoms with Crippen LogP contribution in [0.15, 0.2) is 12.3 Å². The fourth-order valence-corrected chi connectivity index (χ4v) is 1.23. The van der Waals surface area contributed by atoms with E-state index in [4.69, 9.17) is 5.26 Å². The Morgan fingerprint density at radius 2 is 2.40 bits per heavy atom. The minimum absolute atomic E-state index is 0.0111. The maximum absolute atomic E-state index is 8.71. The lowest BCUT2D eigenvalue weighted by atomic mass is 10.2. The molecule has 80 valence electrons. The molecule has 0 amide bonds. The highest BCUT2D eigenvalue weighted by atomic mass is 15.2. The van der Waals surface area contributed by atoms with Crippen LogP contribution in [0.4, 0.5) is 11.8 Å². The van der Waals surface area contributed by atoms with Crippen molar-refractivity contribution in [2.45, 2.75) is 6.92 Å². The third-order valence-electron chi connectivity index (χ3n) is 2.02. The van der Waals surface area contributed by atoms with E-state index >= 15 is 0 Å². The summed E-state index contributed by atoms with van der Waals surface area (Å²) < 4.78 is 0. The molecule has 5 nitrogen and oxygen atoms in total. The van der Waals surface area contributed by atoms with Gasteiger partial charge < -0.3 is 10.2 Å². The fourth-order valence-electron chi connectivity index (χ4n) is 1.23. The average molecular weight is 205 g/mol. The zero-order valence-electron chi connectivity index (χ0n) is 9.23. The van der Waals surface area contributed by atoms with Crippen LogP contribution in [0.25, 0.3) is 0 Å². The molecule has 0 radical (unpaired) electrons. The SMILES string of the molecule is CNc1nccc(N(C)CC(C)C#N)n1. The average Bonchev–Trinajstić information content (AvgIpc) is 2.28. The normalized spacial score (nSPS) is 11.6. The van der Waals surface area contributed by atoms with Crippen molar-refractivity contribution in [3.8, 4) is 6.07 Å². The molecule has 1 aromatic heterocycles. The molecule has 1 N–H and O–H groups in total. The van der Waals surface area contributed by atoms with Gasteiger partial charge in [0.1, 0.15) is 5.82 Å². The fraction of sp³-hybridized carbons (Fsp3) is 0.500. The molecule has 5 heteroatoms. The molecule has 0 saturated heterocycles. The van der Waals surface area contributed by atoms with Gasteiger partial charge in [-0.15, -0.1) is 0 Å².